The highest BCUT2D eigenvalue weighted by Crippen LogP contribution is 2.42. The molecule has 0 aromatic heterocycles. The maximum Gasteiger partial charge on any atom is 0.257 e. The van der Waals surface area contributed by atoms with Gasteiger partial charge in [0, 0.05) is 32.0 Å². The van der Waals surface area contributed by atoms with Gasteiger partial charge in [-0.05, 0) is 12.1 Å². The Morgan fingerprint density at radius 3 is 2.32 bits per heavy atom. The molecule has 4 rings (SSSR count). The maximum absolute atomic E-state index is 13.1. The van der Waals surface area contributed by atoms with Gasteiger partial charge in [0.1, 0.15) is 6.04 Å². The summed E-state index contributed by atoms with van der Waals surface area (Å²) in [6.07, 6.45) is 0.975. The second-order valence-corrected chi connectivity index (χ2v) is 6.67. The second-order valence-electron chi connectivity index (χ2n) is 6.67. The summed E-state index contributed by atoms with van der Waals surface area (Å²) in [4.78, 5) is 33.6. The number of carbonyl (C=O) groups excluding carboxylic acids is 2. The molecule has 0 aliphatic carbocycles. The van der Waals surface area contributed by atoms with E-state index in [-0.39, 0.29) is 11.7 Å². The molecule has 5 heteroatoms. The van der Waals surface area contributed by atoms with E-state index in [2.05, 4.69) is 0 Å². The zero-order valence-electron chi connectivity index (χ0n) is 14.1. The van der Waals surface area contributed by atoms with Crippen LogP contribution in [-0.4, -0.2) is 41.8 Å². The molecule has 2 atom stereocenters. The summed E-state index contributed by atoms with van der Waals surface area (Å²) < 4.78 is 0. The van der Waals surface area contributed by atoms with Gasteiger partial charge in [0.05, 0.1) is 5.69 Å². The van der Waals surface area contributed by atoms with E-state index in [9.17, 15) is 9.59 Å². The lowest BCUT2D eigenvalue weighted by atomic mass is 9.90. The normalized spacial score (nSPS) is 25.8. The van der Waals surface area contributed by atoms with Crippen molar-refractivity contribution in [3.63, 3.8) is 0 Å². The SMILES string of the molecule is CN1CC[C@]2(C[C@@H](C(=O)c3ccccc3)N(c3ccccc3)O2)C1=O. The van der Waals surface area contributed by atoms with Crippen LogP contribution in [0.4, 0.5) is 5.69 Å². The molecule has 2 aliphatic rings. The van der Waals surface area contributed by atoms with Gasteiger partial charge in [-0.25, -0.2) is 5.06 Å². The topological polar surface area (TPSA) is 49.9 Å². The van der Waals surface area contributed by atoms with Crippen LogP contribution in [0.1, 0.15) is 23.2 Å². The van der Waals surface area contributed by atoms with Gasteiger partial charge < -0.3 is 4.90 Å². The van der Waals surface area contributed by atoms with Crippen molar-refractivity contribution in [3.8, 4) is 0 Å². The molecule has 2 heterocycles. The lowest BCUT2D eigenvalue weighted by Crippen LogP contribution is -2.39. The van der Waals surface area contributed by atoms with Gasteiger partial charge >= 0.3 is 0 Å². The standard InChI is InChI=1S/C20H20N2O3/c1-21-13-12-20(19(21)24)14-17(18(23)15-8-4-2-5-9-15)22(25-20)16-10-6-3-7-11-16/h2-11,17H,12-14H2,1H3/t17-,20-/m0/s1. The fraction of sp³-hybridized carbons (Fsp3) is 0.300. The highest BCUT2D eigenvalue weighted by atomic mass is 16.7. The molecule has 128 valence electrons. The van der Waals surface area contributed by atoms with Gasteiger partial charge in [-0.2, -0.15) is 0 Å². The first-order valence-corrected chi connectivity index (χ1v) is 8.49. The predicted octanol–water partition coefficient (Wildman–Crippen LogP) is 2.68. The number of benzene rings is 2. The van der Waals surface area contributed by atoms with E-state index in [0.29, 0.717) is 24.9 Å². The molecule has 0 N–H and O–H groups in total. The maximum atomic E-state index is 13.1. The predicted molar refractivity (Wildman–Crippen MR) is 94.2 cm³/mol. The Morgan fingerprint density at radius 2 is 1.72 bits per heavy atom. The quantitative estimate of drug-likeness (QED) is 0.809. The molecule has 1 amide bonds. The molecule has 2 saturated heterocycles. The third-order valence-corrected chi connectivity index (χ3v) is 5.04. The van der Waals surface area contributed by atoms with Crippen LogP contribution in [0.15, 0.2) is 60.7 Å². The van der Waals surface area contributed by atoms with Crippen LogP contribution < -0.4 is 5.06 Å². The van der Waals surface area contributed by atoms with Crippen molar-refractivity contribution >= 4 is 17.4 Å². The first kappa shape index (κ1) is 15.8. The van der Waals surface area contributed by atoms with E-state index >= 15 is 0 Å². The average Bonchev–Trinajstić information content (AvgIpc) is 3.19. The summed E-state index contributed by atoms with van der Waals surface area (Å²) in [7, 11) is 1.78. The summed E-state index contributed by atoms with van der Waals surface area (Å²) in [6.45, 7) is 0.647. The third kappa shape index (κ3) is 2.61. The van der Waals surface area contributed by atoms with E-state index in [1.165, 1.54) is 0 Å². The van der Waals surface area contributed by atoms with Crippen molar-refractivity contribution in [1.82, 2.24) is 4.90 Å². The molecular formula is C20H20N2O3. The van der Waals surface area contributed by atoms with E-state index in [0.717, 1.165) is 5.69 Å². The number of ketones is 1. The Bertz CT molecular complexity index is 793. The number of Topliss-reactive ketones (excluding diaryl/α,β-unsaturated/α-hetero) is 1. The largest absolute Gasteiger partial charge is 0.343 e. The average molecular weight is 336 g/mol. The summed E-state index contributed by atoms with van der Waals surface area (Å²) in [5.41, 5.74) is 0.489. The Morgan fingerprint density at radius 1 is 1.08 bits per heavy atom. The minimum Gasteiger partial charge on any atom is -0.343 e. The van der Waals surface area contributed by atoms with Gasteiger partial charge in [0.15, 0.2) is 11.4 Å². The first-order valence-electron chi connectivity index (χ1n) is 8.49. The number of likely N-dealkylation sites (N-methyl/N-ethyl adjacent to an activating group) is 1. The van der Waals surface area contributed by atoms with Crippen molar-refractivity contribution in [2.24, 2.45) is 0 Å². The number of carbonyl (C=O) groups is 2. The van der Waals surface area contributed by atoms with Gasteiger partial charge in [-0.1, -0.05) is 48.5 Å². The van der Waals surface area contributed by atoms with Gasteiger partial charge in [-0.15, -0.1) is 0 Å². The van der Waals surface area contributed by atoms with Gasteiger partial charge in [-0.3, -0.25) is 14.4 Å². The van der Waals surface area contributed by atoms with E-state index in [4.69, 9.17) is 4.84 Å². The zero-order chi connectivity index (χ0) is 17.4. The van der Waals surface area contributed by atoms with E-state index < -0.39 is 11.6 Å². The summed E-state index contributed by atoms with van der Waals surface area (Å²) in [5.74, 6) is -0.0690. The number of para-hydroxylation sites is 1. The number of nitrogens with zero attached hydrogens (tertiary/aromatic N) is 2. The zero-order valence-corrected chi connectivity index (χ0v) is 14.1. The van der Waals surface area contributed by atoms with Crippen LogP contribution in [0.3, 0.4) is 0 Å². The summed E-state index contributed by atoms with van der Waals surface area (Å²) in [6, 6.07) is 18.2. The molecule has 2 aromatic rings. The van der Waals surface area contributed by atoms with Crippen LogP contribution >= 0.6 is 0 Å². The van der Waals surface area contributed by atoms with E-state index in [1.54, 1.807) is 29.1 Å². The third-order valence-electron chi connectivity index (χ3n) is 5.04. The smallest absolute Gasteiger partial charge is 0.257 e. The fourth-order valence-corrected chi connectivity index (χ4v) is 3.66. The first-order chi connectivity index (χ1) is 12.1. The molecule has 0 saturated carbocycles. The molecule has 1 spiro atoms. The van der Waals surface area contributed by atoms with Crippen LogP contribution in [0.5, 0.6) is 0 Å². The molecule has 2 aromatic carbocycles. The van der Waals surface area contributed by atoms with Gasteiger partial charge in [0.2, 0.25) is 0 Å². The number of rotatable bonds is 3. The summed E-state index contributed by atoms with van der Waals surface area (Å²) >= 11 is 0. The minimum absolute atomic E-state index is 0.0244. The van der Waals surface area contributed by atoms with Gasteiger partial charge in [0.25, 0.3) is 5.91 Å². The van der Waals surface area contributed by atoms with Crippen LogP contribution in [0.25, 0.3) is 0 Å². The van der Waals surface area contributed by atoms with Crippen molar-refractivity contribution in [3.05, 3.63) is 66.2 Å². The lowest BCUT2D eigenvalue weighted by Gasteiger charge is -2.25. The molecule has 0 unspecified atom stereocenters. The van der Waals surface area contributed by atoms with Crippen LogP contribution in [-0.2, 0) is 9.63 Å². The number of hydrogen-bond donors (Lipinski definition) is 0. The number of likely N-dealkylation sites (tertiary alicyclic amines) is 1. The monoisotopic (exact) mass is 336 g/mol. The fourth-order valence-electron chi connectivity index (χ4n) is 3.66. The molecule has 0 radical (unpaired) electrons. The number of amides is 1. The lowest BCUT2D eigenvalue weighted by molar-refractivity contribution is -0.144. The molecule has 2 fully saturated rings. The molecule has 2 aliphatic heterocycles. The molecule has 5 nitrogen and oxygen atoms in total. The Labute approximate surface area is 146 Å². The molecule has 0 bridgehead atoms. The molecule has 25 heavy (non-hydrogen) atoms. The van der Waals surface area contributed by atoms with Crippen molar-refractivity contribution in [2.75, 3.05) is 18.7 Å². The minimum atomic E-state index is -0.931. The van der Waals surface area contributed by atoms with Crippen molar-refractivity contribution < 1.29 is 14.4 Å². The van der Waals surface area contributed by atoms with E-state index in [1.807, 2.05) is 48.5 Å². The number of hydroxylamine groups is 1. The number of anilines is 1. The van der Waals surface area contributed by atoms with Crippen LogP contribution in [0, 0.1) is 0 Å². The van der Waals surface area contributed by atoms with Crippen molar-refractivity contribution in [2.45, 2.75) is 24.5 Å². The number of hydrogen-bond acceptors (Lipinski definition) is 4. The Kier molecular flexibility index (Phi) is 3.81. The second kappa shape index (κ2) is 6.01. The highest BCUT2D eigenvalue weighted by molar-refractivity contribution is 6.03. The Hall–Kier alpha value is -2.66. The van der Waals surface area contributed by atoms with Crippen LogP contribution in [0.2, 0.25) is 0 Å². The molecular weight excluding hydrogens is 316 g/mol. The van der Waals surface area contributed by atoms with Crippen molar-refractivity contribution in [1.29, 1.82) is 0 Å². The Balaban J connectivity index is 1.72. The summed E-state index contributed by atoms with van der Waals surface area (Å²) in [5, 5.41) is 1.63. The highest BCUT2D eigenvalue weighted by Gasteiger charge is 2.57.